The Kier molecular flexibility index (Phi) is 7.03. The molecule has 0 bridgehead atoms. The van der Waals surface area contributed by atoms with Gasteiger partial charge in [-0.2, -0.15) is 0 Å². The molecule has 28 heavy (non-hydrogen) atoms. The number of urea groups is 1. The number of halogens is 1. The van der Waals surface area contributed by atoms with E-state index in [-0.39, 0.29) is 17.8 Å². The number of hydrogen-bond donors (Lipinski definition) is 3. The van der Waals surface area contributed by atoms with E-state index in [1.807, 2.05) is 37.4 Å². The molecule has 0 aliphatic rings. The van der Waals surface area contributed by atoms with Crippen molar-refractivity contribution in [3.8, 4) is 0 Å². The third kappa shape index (κ3) is 5.10. The molecule has 0 aliphatic heterocycles. The predicted molar refractivity (Wildman–Crippen MR) is 109 cm³/mol. The Hall–Kier alpha value is -2.86. The molecule has 1 aromatic heterocycles. The maximum Gasteiger partial charge on any atom is 0.314 e. The molecule has 5 nitrogen and oxygen atoms in total. The Labute approximate surface area is 164 Å². The fourth-order valence-electron chi connectivity index (χ4n) is 3.26. The molecule has 6 heteroatoms. The van der Waals surface area contributed by atoms with E-state index in [0.717, 1.165) is 28.5 Å². The van der Waals surface area contributed by atoms with Gasteiger partial charge in [0.15, 0.2) is 0 Å². The topological polar surface area (TPSA) is 66.2 Å². The number of H-pyrrole nitrogens is 1. The average molecular weight is 383 g/mol. The molecule has 3 aromatic rings. The van der Waals surface area contributed by atoms with Crippen LogP contribution in [0.2, 0.25) is 0 Å². The van der Waals surface area contributed by atoms with E-state index in [4.69, 9.17) is 4.74 Å². The summed E-state index contributed by atoms with van der Waals surface area (Å²) >= 11 is 0. The molecular formula is C22H26FN3O2. The average Bonchev–Trinajstić information content (AvgIpc) is 3.13. The number of carbonyl (C=O) groups excluding carboxylic acids is 1. The van der Waals surface area contributed by atoms with Gasteiger partial charge >= 0.3 is 6.03 Å². The van der Waals surface area contributed by atoms with Crippen molar-refractivity contribution in [1.82, 2.24) is 15.6 Å². The van der Waals surface area contributed by atoms with Crippen LogP contribution in [0.1, 0.15) is 30.4 Å². The molecule has 2 aromatic carbocycles. The van der Waals surface area contributed by atoms with E-state index in [1.54, 1.807) is 12.1 Å². The summed E-state index contributed by atoms with van der Waals surface area (Å²) in [7, 11) is 0. The zero-order valence-corrected chi connectivity index (χ0v) is 16.0. The lowest BCUT2D eigenvalue weighted by molar-refractivity contribution is 0.145. The Bertz CT molecular complexity index is 892. The number of fused-ring (bicyclic) bond motifs is 1. The van der Waals surface area contributed by atoms with Crippen LogP contribution in [0.15, 0.2) is 54.7 Å². The largest absolute Gasteiger partial charge is 0.382 e. The zero-order valence-electron chi connectivity index (χ0n) is 16.0. The summed E-state index contributed by atoms with van der Waals surface area (Å²) in [6.07, 6.45) is 2.73. The second-order valence-corrected chi connectivity index (χ2v) is 6.58. The van der Waals surface area contributed by atoms with Crippen molar-refractivity contribution in [2.45, 2.75) is 19.3 Å². The number of para-hydroxylation sites is 1. The van der Waals surface area contributed by atoms with E-state index in [0.29, 0.717) is 26.3 Å². The van der Waals surface area contributed by atoms with Crippen LogP contribution in [0.3, 0.4) is 0 Å². The molecule has 2 amide bonds. The highest BCUT2D eigenvalue weighted by Crippen LogP contribution is 2.30. The van der Waals surface area contributed by atoms with Gasteiger partial charge in [-0.3, -0.25) is 0 Å². The Morgan fingerprint density at radius 3 is 2.71 bits per heavy atom. The number of carbonyl (C=O) groups is 1. The first kappa shape index (κ1) is 19.9. The molecule has 0 saturated carbocycles. The van der Waals surface area contributed by atoms with Crippen LogP contribution >= 0.6 is 0 Å². The van der Waals surface area contributed by atoms with Gasteiger partial charge in [0, 0.05) is 49.3 Å². The SMILES string of the molecule is CCOCCCNC(=O)NCC(c1ccc(F)cc1)c1c[nH]c2ccccc12. The van der Waals surface area contributed by atoms with Gasteiger partial charge in [-0.1, -0.05) is 30.3 Å². The van der Waals surface area contributed by atoms with E-state index in [1.165, 1.54) is 12.1 Å². The van der Waals surface area contributed by atoms with Crippen LogP contribution in [-0.2, 0) is 4.74 Å². The highest BCUT2D eigenvalue weighted by atomic mass is 19.1. The van der Waals surface area contributed by atoms with Gasteiger partial charge in [-0.15, -0.1) is 0 Å². The van der Waals surface area contributed by atoms with Crippen molar-refractivity contribution in [2.24, 2.45) is 0 Å². The number of hydrogen-bond acceptors (Lipinski definition) is 2. The number of benzene rings is 2. The van der Waals surface area contributed by atoms with Crippen LogP contribution < -0.4 is 10.6 Å². The molecule has 1 atom stereocenters. The molecular weight excluding hydrogens is 357 g/mol. The van der Waals surface area contributed by atoms with E-state index >= 15 is 0 Å². The summed E-state index contributed by atoms with van der Waals surface area (Å²) in [5.74, 6) is -0.368. The molecule has 0 spiro atoms. The summed E-state index contributed by atoms with van der Waals surface area (Å²) in [6.45, 7) is 4.21. The lowest BCUT2D eigenvalue weighted by Crippen LogP contribution is -2.38. The minimum Gasteiger partial charge on any atom is -0.382 e. The number of rotatable bonds is 9. The van der Waals surface area contributed by atoms with E-state index in [2.05, 4.69) is 15.6 Å². The normalized spacial score (nSPS) is 12.1. The second-order valence-electron chi connectivity index (χ2n) is 6.58. The predicted octanol–water partition coefficient (Wildman–Crippen LogP) is 4.16. The number of amides is 2. The molecule has 3 rings (SSSR count). The van der Waals surface area contributed by atoms with Gasteiger partial charge in [0.1, 0.15) is 5.82 Å². The third-order valence-corrected chi connectivity index (χ3v) is 4.69. The molecule has 0 radical (unpaired) electrons. The fraction of sp³-hybridized carbons (Fsp3) is 0.318. The Balaban J connectivity index is 1.71. The molecule has 1 unspecified atom stereocenters. The summed E-state index contributed by atoms with van der Waals surface area (Å²) < 4.78 is 18.7. The minimum atomic E-state index is -0.276. The highest BCUT2D eigenvalue weighted by Gasteiger charge is 2.19. The smallest absolute Gasteiger partial charge is 0.314 e. The van der Waals surface area contributed by atoms with Crippen LogP contribution in [0.5, 0.6) is 0 Å². The van der Waals surface area contributed by atoms with Crippen molar-refractivity contribution in [1.29, 1.82) is 0 Å². The summed E-state index contributed by atoms with van der Waals surface area (Å²) in [6, 6.07) is 14.2. The number of aromatic nitrogens is 1. The van der Waals surface area contributed by atoms with Crippen LogP contribution in [0.4, 0.5) is 9.18 Å². The Morgan fingerprint density at radius 2 is 1.93 bits per heavy atom. The maximum atomic E-state index is 13.4. The molecule has 0 saturated heterocycles. The van der Waals surface area contributed by atoms with Crippen molar-refractivity contribution < 1.29 is 13.9 Å². The van der Waals surface area contributed by atoms with Crippen LogP contribution in [-0.4, -0.2) is 37.3 Å². The van der Waals surface area contributed by atoms with E-state index < -0.39 is 0 Å². The lowest BCUT2D eigenvalue weighted by Gasteiger charge is -2.18. The second kappa shape index (κ2) is 9.90. The molecule has 148 valence electrons. The summed E-state index contributed by atoms with van der Waals surface area (Å²) in [4.78, 5) is 15.4. The van der Waals surface area contributed by atoms with Gasteiger partial charge in [0.25, 0.3) is 0 Å². The van der Waals surface area contributed by atoms with Gasteiger partial charge in [-0.25, -0.2) is 9.18 Å². The maximum absolute atomic E-state index is 13.4. The van der Waals surface area contributed by atoms with Crippen molar-refractivity contribution in [3.05, 3.63) is 71.7 Å². The standard InChI is InChI=1S/C22H26FN3O2/c1-2-28-13-5-12-24-22(27)26-14-19(16-8-10-17(23)11-9-16)20-15-25-21-7-4-3-6-18(20)21/h3-4,6-11,15,19,25H,2,5,12-14H2,1H3,(H2,24,26,27). The summed E-state index contributed by atoms with van der Waals surface area (Å²) in [5, 5.41) is 6.88. The van der Waals surface area contributed by atoms with Crippen molar-refractivity contribution >= 4 is 16.9 Å². The van der Waals surface area contributed by atoms with Gasteiger partial charge in [-0.05, 0) is 42.7 Å². The first-order valence-corrected chi connectivity index (χ1v) is 9.60. The first-order valence-electron chi connectivity index (χ1n) is 9.60. The van der Waals surface area contributed by atoms with Gasteiger partial charge in [0.2, 0.25) is 0 Å². The third-order valence-electron chi connectivity index (χ3n) is 4.69. The van der Waals surface area contributed by atoms with Crippen molar-refractivity contribution in [3.63, 3.8) is 0 Å². The van der Waals surface area contributed by atoms with Crippen LogP contribution in [0.25, 0.3) is 10.9 Å². The van der Waals surface area contributed by atoms with Crippen LogP contribution in [0, 0.1) is 5.82 Å². The van der Waals surface area contributed by atoms with Crippen molar-refractivity contribution in [2.75, 3.05) is 26.3 Å². The minimum absolute atomic E-state index is 0.0917. The first-order chi connectivity index (χ1) is 13.7. The molecule has 0 fully saturated rings. The molecule has 0 aliphatic carbocycles. The zero-order chi connectivity index (χ0) is 19.8. The van der Waals surface area contributed by atoms with E-state index in [9.17, 15) is 9.18 Å². The Morgan fingerprint density at radius 1 is 1.14 bits per heavy atom. The molecule has 1 heterocycles. The highest BCUT2D eigenvalue weighted by molar-refractivity contribution is 5.84. The number of ether oxygens (including phenoxy) is 1. The number of nitrogens with one attached hydrogen (secondary N) is 3. The van der Waals surface area contributed by atoms with Gasteiger partial charge < -0.3 is 20.4 Å². The summed E-state index contributed by atoms with van der Waals surface area (Å²) in [5.41, 5.74) is 3.05. The number of aromatic amines is 1. The lowest BCUT2D eigenvalue weighted by atomic mass is 9.91. The monoisotopic (exact) mass is 383 g/mol. The molecule has 3 N–H and O–H groups in total. The fourth-order valence-corrected chi connectivity index (χ4v) is 3.26. The quantitative estimate of drug-likeness (QED) is 0.486. The van der Waals surface area contributed by atoms with Gasteiger partial charge in [0.05, 0.1) is 0 Å².